The summed E-state index contributed by atoms with van der Waals surface area (Å²) in [5.41, 5.74) is 1.02. The quantitative estimate of drug-likeness (QED) is 0.600. The van der Waals surface area contributed by atoms with Gasteiger partial charge in [0.15, 0.2) is 6.61 Å². The summed E-state index contributed by atoms with van der Waals surface area (Å²) in [5, 5.41) is 2.67. The minimum Gasteiger partial charge on any atom is -0.455 e. The lowest BCUT2D eigenvalue weighted by molar-refractivity contribution is -0.151. The van der Waals surface area contributed by atoms with Crippen molar-refractivity contribution in [2.75, 3.05) is 25.0 Å². The molecule has 0 bridgehead atoms. The predicted molar refractivity (Wildman–Crippen MR) is 99.8 cm³/mol. The van der Waals surface area contributed by atoms with Gasteiger partial charge in [0.2, 0.25) is 0 Å². The van der Waals surface area contributed by atoms with Crippen LogP contribution in [0.2, 0.25) is 0 Å². The molecule has 0 aromatic heterocycles. The molecule has 1 aromatic carbocycles. The van der Waals surface area contributed by atoms with Crippen molar-refractivity contribution in [3.8, 4) is 0 Å². The number of hydrogen-bond donors (Lipinski definition) is 1. The number of hydrogen-bond acceptors (Lipinski definition) is 4. The fourth-order valence-electron chi connectivity index (χ4n) is 2.88. The average molecular weight is 358 g/mol. The van der Waals surface area contributed by atoms with Crippen molar-refractivity contribution >= 4 is 23.5 Å². The van der Waals surface area contributed by atoms with Gasteiger partial charge in [0.1, 0.15) is 0 Å². The van der Waals surface area contributed by atoms with Crippen LogP contribution in [-0.4, -0.2) is 42.4 Å². The number of nitrogens with one attached hydrogen (secondary N) is 1. The van der Waals surface area contributed by atoms with Gasteiger partial charge in [0, 0.05) is 24.3 Å². The van der Waals surface area contributed by atoms with E-state index in [1.807, 2.05) is 26.0 Å². The molecule has 6 nitrogen and oxygen atoms in total. The number of amides is 2. The maximum absolute atomic E-state index is 12.4. The van der Waals surface area contributed by atoms with Crippen molar-refractivity contribution in [2.45, 2.75) is 33.1 Å². The van der Waals surface area contributed by atoms with Crippen molar-refractivity contribution in [3.05, 3.63) is 42.0 Å². The van der Waals surface area contributed by atoms with Gasteiger partial charge in [0.05, 0.1) is 5.92 Å². The van der Waals surface area contributed by atoms with Gasteiger partial charge < -0.3 is 15.0 Å². The molecular formula is C20H26N2O4. The smallest absolute Gasteiger partial charge is 0.309 e. The number of anilines is 1. The van der Waals surface area contributed by atoms with E-state index >= 15 is 0 Å². The fourth-order valence-corrected chi connectivity index (χ4v) is 2.88. The Morgan fingerprint density at radius 2 is 1.96 bits per heavy atom. The molecule has 2 rings (SSSR count). The van der Waals surface area contributed by atoms with Crippen LogP contribution >= 0.6 is 0 Å². The van der Waals surface area contributed by atoms with E-state index in [1.54, 1.807) is 29.2 Å². The highest BCUT2D eigenvalue weighted by Crippen LogP contribution is 2.19. The van der Waals surface area contributed by atoms with E-state index in [0.717, 1.165) is 12.8 Å². The van der Waals surface area contributed by atoms with E-state index in [1.165, 1.54) is 0 Å². The first kappa shape index (κ1) is 19.7. The Balaban J connectivity index is 1.88. The number of carbonyl (C=O) groups excluding carboxylic acids is 3. The van der Waals surface area contributed by atoms with Crippen LogP contribution in [0, 0.1) is 5.92 Å². The highest BCUT2D eigenvalue weighted by molar-refractivity contribution is 5.97. The number of rotatable bonds is 7. The zero-order valence-electron chi connectivity index (χ0n) is 15.4. The molecule has 1 aromatic rings. The van der Waals surface area contributed by atoms with Crippen molar-refractivity contribution in [3.63, 3.8) is 0 Å². The zero-order valence-corrected chi connectivity index (χ0v) is 15.4. The van der Waals surface area contributed by atoms with E-state index in [9.17, 15) is 14.4 Å². The summed E-state index contributed by atoms with van der Waals surface area (Å²) >= 11 is 0. The van der Waals surface area contributed by atoms with Crippen molar-refractivity contribution in [2.24, 2.45) is 5.92 Å². The van der Waals surface area contributed by atoms with Crippen LogP contribution in [0.5, 0.6) is 0 Å². The first-order valence-corrected chi connectivity index (χ1v) is 9.06. The van der Waals surface area contributed by atoms with E-state index < -0.39 is 5.91 Å². The van der Waals surface area contributed by atoms with E-state index in [4.69, 9.17) is 4.74 Å². The molecule has 0 saturated heterocycles. The Morgan fingerprint density at radius 3 is 2.62 bits per heavy atom. The molecule has 1 N–H and O–H groups in total. The Bertz CT molecular complexity index is 680. The second-order valence-electron chi connectivity index (χ2n) is 6.20. The van der Waals surface area contributed by atoms with Crippen LogP contribution in [0.3, 0.4) is 0 Å². The van der Waals surface area contributed by atoms with Gasteiger partial charge in [-0.2, -0.15) is 0 Å². The molecule has 0 radical (unpaired) electrons. The molecule has 0 heterocycles. The third-order valence-corrected chi connectivity index (χ3v) is 4.39. The lowest BCUT2D eigenvalue weighted by Crippen LogP contribution is -2.30. The zero-order chi connectivity index (χ0) is 18.9. The third-order valence-electron chi connectivity index (χ3n) is 4.39. The molecule has 0 unspecified atom stereocenters. The molecule has 1 atom stereocenters. The normalized spacial score (nSPS) is 16.0. The van der Waals surface area contributed by atoms with Crippen molar-refractivity contribution in [1.82, 2.24) is 4.90 Å². The van der Waals surface area contributed by atoms with Gasteiger partial charge in [-0.05, 0) is 51.3 Å². The van der Waals surface area contributed by atoms with E-state index in [-0.39, 0.29) is 24.4 Å². The summed E-state index contributed by atoms with van der Waals surface area (Å²) in [6.45, 7) is 4.76. The Hall–Kier alpha value is -2.63. The van der Waals surface area contributed by atoms with E-state index in [2.05, 4.69) is 5.32 Å². The number of nitrogens with zero attached hydrogens (tertiary/aromatic N) is 1. The fraction of sp³-hybridized carbons (Fsp3) is 0.450. The number of esters is 1. The minimum absolute atomic E-state index is 0.0807. The van der Waals surface area contributed by atoms with Crippen LogP contribution in [0.15, 0.2) is 36.4 Å². The molecule has 0 saturated carbocycles. The minimum atomic E-state index is -0.419. The van der Waals surface area contributed by atoms with Gasteiger partial charge in [-0.1, -0.05) is 18.2 Å². The summed E-state index contributed by atoms with van der Waals surface area (Å²) in [7, 11) is 0. The number of allylic oxidation sites excluding steroid dienone is 2. The second-order valence-corrected chi connectivity index (χ2v) is 6.20. The van der Waals surface area contributed by atoms with Gasteiger partial charge >= 0.3 is 5.97 Å². The van der Waals surface area contributed by atoms with Crippen molar-refractivity contribution in [1.29, 1.82) is 0 Å². The van der Waals surface area contributed by atoms with E-state index in [0.29, 0.717) is 30.8 Å². The maximum Gasteiger partial charge on any atom is 0.309 e. The predicted octanol–water partition coefficient (Wildman–Crippen LogP) is 3.01. The monoisotopic (exact) mass is 358 g/mol. The lowest BCUT2D eigenvalue weighted by atomic mass is 9.95. The first-order chi connectivity index (χ1) is 12.5. The molecule has 0 fully saturated rings. The molecule has 0 aliphatic heterocycles. The summed E-state index contributed by atoms with van der Waals surface area (Å²) in [4.78, 5) is 38.1. The Kier molecular flexibility index (Phi) is 7.38. The molecule has 1 aliphatic carbocycles. The van der Waals surface area contributed by atoms with Gasteiger partial charge in [-0.3, -0.25) is 14.4 Å². The van der Waals surface area contributed by atoms with Crippen LogP contribution < -0.4 is 5.32 Å². The number of carbonyl (C=O) groups is 3. The SMILES string of the molecule is CCN(CC)C(=O)c1cccc(NC(=O)COC(=O)[C@H]2CC=CCC2)c1. The van der Waals surface area contributed by atoms with Gasteiger partial charge in [-0.15, -0.1) is 0 Å². The topological polar surface area (TPSA) is 75.7 Å². The Morgan fingerprint density at radius 1 is 1.19 bits per heavy atom. The third kappa shape index (κ3) is 5.44. The largest absolute Gasteiger partial charge is 0.455 e. The van der Waals surface area contributed by atoms with Crippen molar-refractivity contribution < 1.29 is 19.1 Å². The number of benzene rings is 1. The van der Waals surface area contributed by atoms with Gasteiger partial charge in [0.25, 0.3) is 11.8 Å². The average Bonchev–Trinajstić information content (AvgIpc) is 2.68. The number of ether oxygens (including phenoxy) is 1. The Labute approximate surface area is 154 Å². The molecule has 1 aliphatic rings. The lowest BCUT2D eigenvalue weighted by Gasteiger charge is -2.19. The standard InChI is InChI=1S/C20H26N2O4/c1-3-22(4-2)19(24)16-11-8-12-17(13-16)21-18(23)14-26-20(25)15-9-6-5-7-10-15/h5-6,8,11-13,15H,3-4,7,9-10,14H2,1-2H3,(H,21,23)/t15-/m0/s1. The molecule has 26 heavy (non-hydrogen) atoms. The van der Waals surface area contributed by atoms with Crippen LogP contribution in [-0.2, 0) is 14.3 Å². The molecule has 140 valence electrons. The van der Waals surface area contributed by atoms with Crippen LogP contribution in [0.25, 0.3) is 0 Å². The summed E-state index contributed by atoms with van der Waals surface area (Å²) in [5.74, 6) is -1.00. The van der Waals surface area contributed by atoms with Gasteiger partial charge in [-0.25, -0.2) is 0 Å². The van der Waals surface area contributed by atoms with Crippen LogP contribution in [0.1, 0.15) is 43.5 Å². The highest BCUT2D eigenvalue weighted by Gasteiger charge is 2.21. The molecule has 6 heteroatoms. The highest BCUT2D eigenvalue weighted by atomic mass is 16.5. The molecule has 2 amide bonds. The second kappa shape index (κ2) is 9.75. The summed E-state index contributed by atoms with van der Waals surface area (Å²) < 4.78 is 5.11. The summed E-state index contributed by atoms with van der Waals surface area (Å²) in [6.07, 6.45) is 6.29. The molecule has 0 spiro atoms. The van der Waals surface area contributed by atoms with Crippen LogP contribution in [0.4, 0.5) is 5.69 Å². The maximum atomic E-state index is 12.4. The first-order valence-electron chi connectivity index (χ1n) is 9.06. The molecular weight excluding hydrogens is 332 g/mol. The summed E-state index contributed by atoms with van der Waals surface area (Å²) in [6, 6.07) is 6.76.